The molecule has 1 aromatic carbocycles. The minimum absolute atomic E-state index is 0.0914. The van der Waals surface area contributed by atoms with E-state index in [1.807, 2.05) is 44.2 Å². The van der Waals surface area contributed by atoms with Gasteiger partial charge in [0.05, 0.1) is 11.4 Å². The third-order valence-electron chi connectivity index (χ3n) is 6.16. The van der Waals surface area contributed by atoms with Crippen molar-refractivity contribution in [2.24, 2.45) is 7.05 Å². The van der Waals surface area contributed by atoms with Crippen LogP contribution in [0.25, 0.3) is 11.8 Å². The normalized spacial score (nSPS) is 12.2. The molecule has 0 spiro atoms. The van der Waals surface area contributed by atoms with E-state index < -0.39 is 23.5 Å². The lowest BCUT2D eigenvalue weighted by atomic mass is 10.1. The third-order valence-corrected chi connectivity index (χ3v) is 6.16. The first-order chi connectivity index (χ1) is 17.1. The molecule has 0 saturated carbocycles. The summed E-state index contributed by atoms with van der Waals surface area (Å²) in [5.74, 6) is -1.58. The number of carbonyl (C=O) groups excluding carboxylic acids is 2. The van der Waals surface area contributed by atoms with Crippen molar-refractivity contribution in [3.63, 3.8) is 0 Å². The van der Waals surface area contributed by atoms with Gasteiger partial charge < -0.3 is 14.6 Å². The number of rotatable bonds is 8. The Hall–Kier alpha value is -4.32. The number of hydrogen-bond donors (Lipinski definition) is 1. The first-order valence-electron chi connectivity index (χ1n) is 11.7. The van der Waals surface area contributed by atoms with Crippen LogP contribution in [0.5, 0.6) is 0 Å². The number of nitrogens with zero attached hydrogens (tertiary/aromatic N) is 4. The van der Waals surface area contributed by atoms with Crippen LogP contribution in [0.2, 0.25) is 0 Å². The predicted octanol–water partition coefficient (Wildman–Crippen LogP) is 3.79. The van der Waals surface area contributed by atoms with E-state index in [-0.39, 0.29) is 11.3 Å². The number of carbonyl (C=O) groups is 2. The fourth-order valence-corrected chi connectivity index (χ4v) is 4.05. The summed E-state index contributed by atoms with van der Waals surface area (Å²) in [7, 11) is 1.71. The van der Waals surface area contributed by atoms with Crippen LogP contribution in [0.3, 0.4) is 0 Å². The van der Waals surface area contributed by atoms with E-state index >= 15 is 0 Å². The minimum atomic E-state index is -1.23. The highest BCUT2D eigenvalue weighted by Gasteiger charge is 2.24. The van der Waals surface area contributed by atoms with Gasteiger partial charge in [-0.05, 0) is 64.0 Å². The average Bonchev–Trinajstić information content (AvgIpc) is 3.24. The lowest BCUT2D eigenvalue weighted by molar-refractivity contribution is -0.148. The lowest BCUT2D eigenvalue weighted by Gasteiger charge is -2.12. The van der Waals surface area contributed by atoms with Gasteiger partial charge in [-0.3, -0.25) is 14.3 Å². The van der Waals surface area contributed by atoms with Crippen LogP contribution < -0.4 is 10.9 Å². The predicted molar refractivity (Wildman–Crippen MR) is 138 cm³/mol. The Kier molecular flexibility index (Phi) is 8.00. The second-order valence-electron chi connectivity index (χ2n) is 8.62. The van der Waals surface area contributed by atoms with Crippen molar-refractivity contribution in [2.45, 2.75) is 53.7 Å². The number of aromatic nitrogens is 3. The minimum Gasteiger partial charge on any atom is -0.448 e. The van der Waals surface area contributed by atoms with Gasteiger partial charge in [-0.15, -0.1) is 0 Å². The second-order valence-corrected chi connectivity index (χ2v) is 8.62. The van der Waals surface area contributed by atoms with Crippen molar-refractivity contribution in [3.8, 4) is 11.8 Å². The Balaban J connectivity index is 1.78. The van der Waals surface area contributed by atoms with Crippen molar-refractivity contribution < 1.29 is 14.3 Å². The molecule has 0 saturated heterocycles. The van der Waals surface area contributed by atoms with Gasteiger partial charge in [0.25, 0.3) is 11.5 Å². The largest absolute Gasteiger partial charge is 0.448 e. The number of aryl methyl sites for hydroxylation is 1. The number of nitriles is 1. The van der Waals surface area contributed by atoms with Crippen LogP contribution in [-0.4, -0.2) is 31.9 Å². The Morgan fingerprint density at radius 1 is 1.17 bits per heavy atom. The Bertz CT molecular complexity index is 1420. The number of anilines is 1. The molecule has 36 heavy (non-hydrogen) atoms. The summed E-state index contributed by atoms with van der Waals surface area (Å²) in [6, 6.07) is 12.8. The van der Waals surface area contributed by atoms with Crippen molar-refractivity contribution in [2.75, 3.05) is 5.32 Å². The zero-order chi connectivity index (χ0) is 26.6. The van der Waals surface area contributed by atoms with Crippen LogP contribution in [0, 0.1) is 32.1 Å². The van der Waals surface area contributed by atoms with Gasteiger partial charge in [-0.1, -0.05) is 25.1 Å². The summed E-state index contributed by atoms with van der Waals surface area (Å²) < 4.78 is 10.5. The number of hydrogen-bond acceptors (Lipinski definition) is 5. The molecular weight excluding hydrogens is 458 g/mol. The highest BCUT2D eigenvalue weighted by atomic mass is 16.5. The number of ether oxygens (including phenoxy) is 1. The number of benzene rings is 1. The summed E-state index contributed by atoms with van der Waals surface area (Å²) in [6.45, 7) is 9.90. The van der Waals surface area contributed by atoms with E-state index in [2.05, 4.69) is 16.8 Å². The molecule has 188 valence electrons. The molecular formula is C27H31N5O4. The van der Waals surface area contributed by atoms with E-state index in [1.165, 1.54) is 17.7 Å². The molecule has 3 rings (SSSR count). The van der Waals surface area contributed by atoms with Crippen molar-refractivity contribution in [1.29, 1.82) is 5.26 Å². The van der Waals surface area contributed by atoms with Crippen LogP contribution >= 0.6 is 0 Å². The second kappa shape index (κ2) is 11.0. The molecule has 1 N–H and O–H groups in total. The zero-order valence-electron chi connectivity index (χ0n) is 21.5. The van der Waals surface area contributed by atoms with E-state index in [9.17, 15) is 19.6 Å². The van der Waals surface area contributed by atoms with Crippen molar-refractivity contribution in [1.82, 2.24) is 13.9 Å². The fourth-order valence-electron chi connectivity index (χ4n) is 4.05. The SMILES string of the molecule is CCCn1c(C)cc(C=C(C#N)C(=O)OC(C)C(=O)Nc2c(C)n(C)n(-c3ccccc3)c2=O)c1C. The van der Waals surface area contributed by atoms with Gasteiger partial charge in [-0.25, -0.2) is 9.48 Å². The number of amides is 1. The molecule has 0 fully saturated rings. The highest BCUT2D eigenvalue weighted by molar-refractivity contribution is 6.01. The first-order valence-corrected chi connectivity index (χ1v) is 11.7. The quantitative estimate of drug-likeness (QED) is 0.294. The van der Waals surface area contributed by atoms with Crippen molar-refractivity contribution in [3.05, 3.63) is 75.0 Å². The summed E-state index contributed by atoms with van der Waals surface area (Å²) in [5, 5.41) is 12.1. The molecule has 0 aliphatic carbocycles. The monoisotopic (exact) mass is 489 g/mol. The fraction of sp³-hybridized carbons (Fsp3) is 0.333. The maximum absolute atomic E-state index is 13.0. The van der Waals surface area contributed by atoms with Gasteiger partial charge in [0.15, 0.2) is 6.10 Å². The molecule has 9 nitrogen and oxygen atoms in total. The summed E-state index contributed by atoms with van der Waals surface area (Å²) >= 11 is 0. The number of nitrogens with one attached hydrogen (secondary N) is 1. The van der Waals surface area contributed by atoms with E-state index in [0.29, 0.717) is 11.4 Å². The summed E-state index contributed by atoms with van der Waals surface area (Å²) in [5.41, 5.74) is 3.36. The molecule has 3 aromatic rings. The molecule has 2 aromatic heterocycles. The lowest BCUT2D eigenvalue weighted by Crippen LogP contribution is -2.32. The zero-order valence-corrected chi connectivity index (χ0v) is 21.5. The maximum Gasteiger partial charge on any atom is 0.349 e. The topological polar surface area (TPSA) is 111 Å². The van der Waals surface area contributed by atoms with Crippen LogP contribution in [-0.2, 0) is 27.9 Å². The molecule has 2 heterocycles. The molecule has 0 bridgehead atoms. The van der Waals surface area contributed by atoms with Gasteiger partial charge in [0.1, 0.15) is 17.3 Å². The van der Waals surface area contributed by atoms with Gasteiger partial charge in [0, 0.05) is 25.0 Å². The standard InChI is InChI=1S/C27H31N5O4/c1-7-13-31-17(2)14-21(18(31)3)15-22(16-28)27(35)36-20(5)25(33)29-24-19(4)30(6)32(26(24)34)23-11-9-8-10-12-23/h8-12,14-15,20H,7,13H2,1-6H3,(H,29,33). The Morgan fingerprint density at radius 3 is 2.44 bits per heavy atom. The molecule has 1 amide bonds. The maximum atomic E-state index is 13.0. The van der Waals surface area contributed by atoms with Crippen LogP contribution in [0.1, 0.15) is 42.9 Å². The molecule has 0 aliphatic rings. The third kappa shape index (κ3) is 5.18. The van der Waals surface area contributed by atoms with E-state index in [4.69, 9.17) is 4.74 Å². The average molecular weight is 490 g/mol. The molecule has 0 aliphatic heterocycles. The molecule has 1 atom stereocenters. The van der Waals surface area contributed by atoms with Gasteiger partial charge >= 0.3 is 5.97 Å². The first kappa shape index (κ1) is 26.3. The highest BCUT2D eigenvalue weighted by Crippen LogP contribution is 2.20. The van der Waals surface area contributed by atoms with Crippen LogP contribution in [0.15, 0.2) is 46.8 Å². The van der Waals surface area contributed by atoms with Gasteiger partial charge in [-0.2, -0.15) is 5.26 Å². The Labute approximate surface area is 210 Å². The Morgan fingerprint density at radius 2 is 1.83 bits per heavy atom. The number of esters is 1. The summed E-state index contributed by atoms with van der Waals surface area (Å²) in [4.78, 5) is 38.5. The molecule has 1 unspecified atom stereocenters. The van der Waals surface area contributed by atoms with Gasteiger partial charge in [0.2, 0.25) is 0 Å². The van der Waals surface area contributed by atoms with Crippen molar-refractivity contribution >= 4 is 23.6 Å². The molecule has 0 radical (unpaired) electrons. The van der Waals surface area contributed by atoms with Crippen LogP contribution in [0.4, 0.5) is 5.69 Å². The van der Waals surface area contributed by atoms with E-state index in [1.54, 1.807) is 30.8 Å². The van der Waals surface area contributed by atoms with E-state index in [0.717, 1.165) is 29.9 Å². The molecule has 9 heteroatoms. The summed E-state index contributed by atoms with van der Waals surface area (Å²) in [6.07, 6.45) is 1.20. The smallest absolute Gasteiger partial charge is 0.349 e. The number of para-hydroxylation sites is 1.